The highest BCUT2D eigenvalue weighted by molar-refractivity contribution is 5.59. The number of nitrogens with one attached hydrogen (secondary N) is 1. The highest BCUT2D eigenvalue weighted by atomic mass is 19.4. The summed E-state index contributed by atoms with van der Waals surface area (Å²) >= 11 is 0. The lowest BCUT2D eigenvalue weighted by Crippen LogP contribution is -2.54. The van der Waals surface area contributed by atoms with E-state index in [2.05, 4.69) is 5.32 Å². The Morgan fingerprint density at radius 1 is 1.00 bits per heavy atom. The molecule has 0 unspecified atom stereocenters. The third-order valence-electron chi connectivity index (χ3n) is 3.45. The van der Waals surface area contributed by atoms with Gasteiger partial charge >= 0.3 is 12.4 Å². The minimum atomic E-state index is -5.89. The topological polar surface area (TPSA) is 58.3 Å². The highest BCUT2D eigenvalue weighted by Crippen LogP contribution is 2.50. The van der Waals surface area contributed by atoms with E-state index >= 15 is 0 Å². The summed E-state index contributed by atoms with van der Waals surface area (Å²) in [6.07, 6.45) is -11.2. The van der Waals surface area contributed by atoms with Crippen molar-refractivity contribution in [2.24, 2.45) is 5.73 Å². The first-order chi connectivity index (χ1) is 10.4. The first-order valence-electron chi connectivity index (χ1n) is 6.77. The highest BCUT2D eigenvalue weighted by Gasteiger charge is 2.71. The molecule has 0 bridgehead atoms. The van der Waals surface area contributed by atoms with Crippen LogP contribution in [-0.4, -0.2) is 30.5 Å². The van der Waals surface area contributed by atoms with Gasteiger partial charge < -0.3 is 16.2 Å². The molecule has 0 fully saturated rings. The molecule has 0 spiro atoms. The van der Waals surface area contributed by atoms with Crippen LogP contribution in [0.3, 0.4) is 0 Å². The number of alkyl halides is 6. The molecule has 0 amide bonds. The molecule has 0 aliphatic rings. The van der Waals surface area contributed by atoms with Gasteiger partial charge in [-0.2, -0.15) is 26.3 Å². The van der Waals surface area contributed by atoms with Gasteiger partial charge in [-0.3, -0.25) is 0 Å². The van der Waals surface area contributed by atoms with Gasteiger partial charge in [-0.1, -0.05) is 12.1 Å². The first kappa shape index (κ1) is 19.6. The van der Waals surface area contributed by atoms with Gasteiger partial charge in [-0.05, 0) is 37.9 Å². The van der Waals surface area contributed by atoms with Crippen LogP contribution >= 0.6 is 0 Å². The smallest absolute Gasteiger partial charge is 0.385 e. The van der Waals surface area contributed by atoms with Crippen molar-refractivity contribution in [3.8, 4) is 0 Å². The Bertz CT molecular complexity index is 516. The van der Waals surface area contributed by atoms with Crippen molar-refractivity contribution in [1.82, 2.24) is 0 Å². The number of halogens is 6. The number of aryl methyl sites for hydroxylation is 2. The van der Waals surface area contributed by atoms with Crippen LogP contribution in [0.15, 0.2) is 12.1 Å². The van der Waals surface area contributed by atoms with Crippen LogP contribution in [0, 0.1) is 13.8 Å². The van der Waals surface area contributed by atoms with Gasteiger partial charge in [0, 0.05) is 17.8 Å². The van der Waals surface area contributed by atoms with Crippen molar-refractivity contribution in [1.29, 1.82) is 0 Å². The van der Waals surface area contributed by atoms with Gasteiger partial charge in [0.15, 0.2) is 0 Å². The van der Waals surface area contributed by atoms with Crippen molar-refractivity contribution in [3.63, 3.8) is 0 Å². The molecule has 1 aromatic rings. The van der Waals surface area contributed by atoms with Crippen molar-refractivity contribution >= 4 is 5.69 Å². The molecule has 0 aliphatic heterocycles. The zero-order chi connectivity index (χ0) is 18.1. The van der Waals surface area contributed by atoms with E-state index in [0.717, 1.165) is 0 Å². The second-order valence-corrected chi connectivity index (χ2v) is 5.26. The number of nitrogens with two attached hydrogens (primary N) is 1. The molecular formula is C14H18F6N2O. The molecule has 0 saturated carbocycles. The molecule has 3 nitrogen and oxygen atoms in total. The van der Waals surface area contributed by atoms with Crippen LogP contribution in [0.1, 0.15) is 23.1 Å². The fourth-order valence-corrected chi connectivity index (χ4v) is 2.25. The average molecular weight is 344 g/mol. The normalized spacial score (nSPS) is 13.3. The van der Waals surface area contributed by atoms with Gasteiger partial charge in [0.05, 0.1) is 0 Å². The Balaban J connectivity index is 3.38. The Morgan fingerprint density at radius 3 is 1.78 bits per heavy atom. The van der Waals surface area contributed by atoms with E-state index in [1.165, 1.54) is 13.8 Å². The molecule has 23 heavy (non-hydrogen) atoms. The van der Waals surface area contributed by atoms with Gasteiger partial charge in [0.25, 0.3) is 5.60 Å². The van der Waals surface area contributed by atoms with E-state index in [9.17, 15) is 31.4 Å². The Hall–Kier alpha value is -1.48. The largest absolute Gasteiger partial charge is 0.430 e. The van der Waals surface area contributed by atoms with Gasteiger partial charge in [0.1, 0.15) is 0 Å². The quantitative estimate of drug-likeness (QED) is 0.567. The Labute approximate surface area is 129 Å². The summed E-state index contributed by atoms with van der Waals surface area (Å²) in [6, 6.07) is 1.39. The summed E-state index contributed by atoms with van der Waals surface area (Å²) < 4.78 is 77.4. The van der Waals surface area contributed by atoms with E-state index in [1.54, 1.807) is 0 Å². The first-order valence-corrected chi connectivity index (χ1v) is 6.77. The second-order valence-electron chi connectivity index (χ2n) is 5.26. The summed E-state index contributed by atoms with van der Waals surface area (Å²) in [5.74, 6) is 0. The summed E-state index contributed by atoms with van der Waals surface area (Å²) in [4.78, 5) is 0. The molecule has 0 saturated heterocycles. The number of hydrogen-bond donors (Lipinski definition) is 3. The minimum absolute atomic E-state index is 0.170. The maximum absolute atomic E-state index is 12.9. The lowest BCUT2D eigenvalue weighted by Gasteiger charge is -2.33. The molecule has 0 heterocycles. The third-order valence-corrected chi connectivity index (χ3v) is 3.45. The number of hydrogen-bond acceptors (Lipinski definition) is 3. The van der Waals surface area contributed by atoms with Crippen molar-refractivity contribution in [3.05, 3.63) is 28.8 Å². The molecule has 9 heteroatoms. The zero-order valence-corrected chi connectivity index (χ0v) is 12.6. The maximum Gasteiger partial charge on any atom is 0.430 e. The van der Waals surface area contributed by atoms with Crippen LogP contribution in [0.4, 0.5) is 32.0 Å². The van der Waals surface area contributed by atoms with Gasteiger partial charge in [-0.15, -0.1) is 0 Å². The van der Waals surface area contributed by atoms with E-state index in [-0.39, 0.29) is 11.1 Å². The molecule has 0 aliphatic carbocycles. The Kier molecular flexibility index (Phi) is 5.58. The predicted molar refractivity (Wildman–Crippen MR) is 74.1 cm³/mol. The van der Waals surface area contributed by atoms with Crippen molar-refractivity contribution in [2.75, 3.05) is 18.4 Å². The summed E-state index contributed by atoms with van der Waals surface area (Å²) in [5, 5.41) is 12.3. The standard InChI is InChI=1S/C14H18F6N2O/c1-8-6-10(7-9(2)11(8)22-5-3-4-21)12(23,13(15,16)17)14(18,19)20/h6-7,22-23H,3-5,21H2,1-2H3. The molecule has 132 valence electrons. The molecule has 0 aromatic heterocycles. The van der Waals surface area contributed by atoms with Crippen molar-refractivity contribution in [2.45, 2.75) is 38.2 Å². The fourth-order valence-electron chi connectivity index (χ4n) is 2.25. The van der Waals surface area contributed by atoms with Gasteiger partial charge in [0.2, 0.25) is 0 Å². The SMILES string of the molecule is Cc1cc(C(O)(C(F)(F)F)C(F)(F)F)cc(C)c1NCCCN. The van der Waals surface area contributed by atoms with Crippen LogP contribution in [-0.2, 0) is 5.60 Å². The molecule has 0 atom stereocenters. The van der Waals surface area contributed by atoms with E-state index in [4.69, 9.17) is 5.73 Å². The van der Waals surface area contributed by atoms with E-state index < -0.39 is 23.5 Å². The molecule has 0 radical (unpaired) electrons. The monoisotopic (exact) mass is 344 g/mol. The number of rotatable bonds is 5. The molecule has 1 rings (SSSR count). The number of benzene rings is 1. The van der Waals surface area contributed by atoms with Crippen LogP contribution in [0.25, 0.3) is 0 Å². The maximum atomic E-state index is 12.9. The van der Waals surface area contributed by atoms with Crippen molar-refractivity contribution < 1.29 is 31.4 Å². The fraction of sp³-hybridized carbons (Fsp3) is 0.571. The summed E-state index contributed by atoms with van der Waals surface area (Å²) in [6.45, 7) is 3.56. The molecule has 4 N–H and O–H groups in total. The predicted octanol–water partition coefficient (Wildman–Crippen LogP) is 3.38. The summed E-state index contributed by atoms with van der Waals surface area (Å²) in [7, 11) is 0. The average Bonchev–Trinajstić information content (AvgIpc) is 2.38. The number of aliphatic hydroxyl groups is 1. The minimum Gasteiger partial charge on any atom is -0.385 e. The number of anilines is 1. The summed E-state index contributed by atoms with van der Waals surface area (Å²) in [5.41, 5.74) is -0.0761. The third kappa shape index (κ3) is 3.72. The van der Waals surface area contributed by atoms with Crippen LogP contribution in [0.2, 0.25) is 0 Å². The lowest BCUT2D eigenvalue weighted by atomic mass is 9.89. The van der Waals surface area contributed by atoms with E-state index in [0.29, 0.717) is 37.3 Å². The van der Waals surface area contributed by atoms with Crippen LogP contribution in [0.5, 0.6) is 0 Å². The van der Waals surface area contributed by atoms with Crippen LogP contribution < -0.4 is 11.1 Å². The van der Waals surface area contributed by atoms with Gasteiger partial charge in [-0.25, -0.2) is 0 Å². The second kappa shape index (κ2) is 6.56. The zero-order valence-electron chi connectivity index (χ0n) is 12.6. The Morgan fingerprint density at radius 2 is 1.43 bits per heavy atom. The lowest BCUT2D eigenvalue weighted by molar-refractivity contribution is -0.376. The molecular weight excluding hydrogens is 326 g/mol. The van der Waals surface area contributed by atoms with E-state index in [1.807, 2.05) is 0 Å². The molecule has 1 aromatic carbocycles.